The third-order valence-electron chi connectivity index (χ3n) is 4.80. The molecule has 4 rings (SSSR count). The van der Waals surface area contributed by atoms with Crippen LogP contribution < -0.4 is 15.4 Å². The number of pyridine rings is 1. The molecule has 1 amide bonds. The number of anilines is 2. The zero-order chi connectivity index (χ0) is 22.0. The molecule has 0 aliphatic heterocycles. The number of Topliss-reactive ketones (excluding diaryl/α,β-unsaturated/α-hetero) is 1. The number of fused-ring (bicyclic) bond motifs is 1. The van der Waals surface area contributed by atoms with Gasteiger partial charge in [-0.3, -0.25) is 14.6 Å². The van der Waals surface area contributed by atoms with Crippen LogP contribution in [0.25, 0.3) is 11.0 Å². The minimum absolute atomic E-state index is 0.00568. The summed E-state index contributed by atoms with van der Waals surface area (Å²) in [4.78, 5) is 32.1. The first-order chi connectivity index (χ1) is 14.9. The summed E-state index contributed by atoms with van der Waals surface area (Å²) in [5, 5.41) is 5.80. The number of aryl methyl sites for hydroxylation is 1. The number of hydrogen-bond acceptors (Lipinski definition) is 6. The predicted octanol–water partition coefficient (Wildman–Crippen LogP) is 4.07. The van der Waals surface area contributed by atoms with Gasteiger partial charge in [0.05, 0.1) is 11.0 Å². The third-order valence-corrected chi connectivity index (χ3v) is 4.80. The van der Waals surface area contributed by atoms with Crippen LogP contribution in [0.3, 0.4) is 0 Å². The fourth-order valence-electron chi connectivity index (χ4n) is 3.16. The molecule has 8 nitrogen and oxygen atoms in total. The number of ketones is 1. The first kappa shape index (κ1) is 20.1. The van der Waals surface area contributed by atoms with Crippen molar-refractivity contribution in [2.75, 3.05) is 12.4 Å². The van der Waals surface area contributed by atoms with Crippen LogP contribution in [0.5, 0.6) is 11.5 Å². The standard InChI is InChI=1S/C23H21N5O3/c1-14(29)15-5-4-6-16(11-15)26-23-27-19-12-17(7-8-21(19)28(23)3)31-18-9-10-25-20(13-18)22(30)24-2/h4-13H,1-3H3,(H,24,30)(H,26,27). The van der Waals surface area contributed by atoms with Crippen LogP contribution in [-0.2, 0) is 7.05 Å². The van der Waals surface area contributed by atoms with E-state index in [0.29, 0.717) is 23.0 Å². The number of rotatable bonds is 6. The maximum atomic E-state index is 11.8. The van der Waals surface area contributed by atoms with Gasteiger partial charge in [-0.25, -0.2) is 4.98 Å². The molecule has 0 unspecified atom stereocenters. The van der Waals surface area contributed by atoms with E-state index in [2.05, 4.69) is 20.6 Å². The smallest absolute Gasteiger partial charge is 0.269 e. The molecule has 4 aromatic rings. The number of carbonyl (C=O) groups is 2. The number of amides is 1. The highest BCUT2D eigenvalue weighted by Crippen LogP contribution is 2.28. The molecule has 0 saturated carbocycles. The second-order valence-corrected chi connectivity index (χ2v) is 6.96. The minimum Gasteiger partial charge on any atom is -0.457 e. The lowest BCUT2D eigenvalue weighted by atomic mass is 10.1. The summed E-state index contributed by atoms with van der Waals surface area (Å²) in [5.74, 6) is 1.45. The van der Waals surface area contributed by atoms with Crippen molar-refractivity contribution in [3.63, 3.8) is 0 Å². The molecule has 0 bridgehead atoms. The molecule has 0 aliphatic rings. The molecule has 2 N–H and O–H groups in total. The number of benzene rings is 2. The van der Waals surface area contributed by atoms with Gasteiger partial charge in [0, 0.05) is 43.7 Å². The van der Waals surface area contributed by atoms with E-state index in [-0.39, 0.29) is 17.4 Å². The highest BCUT2D eigenvalue weighted by molar-refractivity contribution is 5.95. The number of ether oxygens (including phenoxy) is 1. The molecule has 156 valence electrons. The van der Waals surface area contributed by atoms with Crippen LogP contribution in [0.1, 0.15) is 27.8 Å². The molecular formula is C23H21N5O3. The molecular weight excluding hydrogens is 394 g/mol. The van der Waals surface area contributed by atoms with Crippen LogP contribution in [0.15, 0.2) is 60.8 Å². The summed E-state index contributed by atoms with van der Waals surface area (Å²) in [6, 6.07) is 16.1. The van der Waals surface area contributed by atoms with E-state index in [1.54, 1.807) is 31.3 Å². The van der Waals surface area contributed by atoms with Gasteiger partial charge in [0.15, 0.2) is 5.78 Å². The summed E-state index contributed by atoms with van der Waals surface area (Å²) in [6.45, 7) is 1.54. The Morgan fingerprint density at radius 3 is 2.61 bits per heavy atom. The van der Waals surface area contributed by atoms with Gasteiger partial charge in [-0.2, -0.15) is 0 Å². The Bertz CT molecular complexity index is 1300. The normalized spacial score (nSPS) is 10.7. The summed E-state index contributed by atoms with van der Waals surface area (Å²) >= 11 is 0. The SMILES string of the molecule is CNC(=O)c1cc(Oc2ccc3c(c2)nc(Nc2cccc(C(C)=O)c2)n3C)ccn1. The highest BCUT2D eigenvalue weighted by atomic mass is 16.5. The minimum atomic E-state index is -0.282. The van der Waals surface area contributed by atoms with E-state index >= 15 is 0 Å². The van der Waals surface area contributed by atoms with E-state index in [1.165, 1.54) is 13.1 Å². The van der Waals surface area contributed by atoms with E-state index in [9.17, 15) is 9.59 Å². The van der Waals surface area contributed by atoms with Gasteiger partial charge in [-0.15, -0.1) is 0 Å². The van der Waals surface area contributed by atoms with Gasteiger partial charge in [-0.1, -0.05) is 12.1 Å². The van der Waals surface area contributed by atoms with E-state index in [0.717, 1.165) is 16.7 Å². The van der Waals surface area contributed by atoms with Gasteiger partial charge in [0.2, 0.25) is 5.95 Å². The molecule has 0 fully saturated rings. The van der Waals surface area contributed by atoms with E-state index in [4.69, 9.17) is 4.74 Å². The Hall–Kier alpha value is -4.20. The number of nitrogens with zero attached hydrogens (tertiary/aromatic N) is 3. The Balaban J connectivity index is 1.60. The van der Waals surface area contributed by atoms with Crippen LogP contribution in [0, 0.1) is 0 Å². The van der Waals surface area contributed by atoms with Crippen molar-refractivity contribution < 1.29 is 14.3 Å². The first-order valence-corrected chi connectivity index (χ1v) is 9.65. The van der Waals surface area contributed by atoms with Crippen molar-refractivity contribution in [3.8, 4) is 11.5 Å². The zero-order valence-corrected chi connectivity index (χ0v) is 17.3. The third kappa shape index (κ3) is 4.23. The number of imidazole rings is 1. The van der Waals surface area contributed by atoms with E-state index < -0.39 is 0 Å². The average molecular weight is 415 g/mol. The molecule has 0 spiro atoms. The largest absolute Gasteiger partial charge is 0.457 e. The lowest BCUT2D eigenvalue weighted by Gasteiger charge is -2.07. The second kappa shape index (κ2) is 8.27. The molecule has 8 heteroatoms. The van der Waals surface area contributed by atoms with Crippen molar-refractivity contribution in [2.45, 2.75) is 6.92 Å². The quantitative estimate of drug-likeness (QED) is 0.461. The zero-order valence-electron chi connectivity index (χ0n) is 17.3. The summed E-state index contributed by atoms with van der Waals surface area (Å²) in [6.07, 6.45) is 1.52. The predicted molar refractivity (Wildman–Crippen MR) is 118 cm³/mol. The van der Waals surface area contributed by atoms with Gasteiger partial charge in [0.1, 0.15) is 17.2 Å². The fraction of sp³-hybridized carbons (Fsp3) is 0.130. The van der Waals surface area contributed by atoms with Crippen LogP contribution in [0.4, 0.5) is 11.6 Å². The first-order valence-electron chi connectivity index (χ1n) is 9.65. The van der Waals surface area contributed by atoms with Gasteiger partial charge < -0.3 is 19.9 Å². The van der Waals surface area contributed by atoms with Crippen molar-refractivity contribution in [3.05, 3.63) is 72.1 Å². The molecule has 0 radical (unpaired) electrons. The molecule has 2 heterocycles. The fourth-order valence-corrected chi connectivity index (χ4v) is 3.16. The van der Waals surface area contributed by atoms with Crippen LogP contribution in [-0.4, -0.2) is 33.3 Å². The maximum Gasteiger partial charge on any atom is 0.269 e. The summed E-state index contributed by atoms with van der Waals surface area (Å²) < 4.78 is 7.83. The summed E-state index contributed by atoms with van der Waals surface area (Å²) in [7, 11) is 3.46. The Labute approximate surface area is 178 Å². The van der Waals surface area contributed by atoms with Gasteiger partial charge in [0.25, 0.3) is 5.91 Å². The van der Waals surface area contributed by atoms with Crippen molar-refractivity contribution >= 4 is 34.4 Å². The molecule has 2 aromatic heterocycles. The van der Waals surface area contributed by atoms with Gasteiger partial charge in [-0.05, 0) is 37.3 Å². The molecule has 0 atom stereocenters. The van der Waals surface area contributed by atoms with Crippen molar-refractivity contribution in [2.24, 2.45) is 7.05 Å². The second-order valence-electron chi connectivity index (χ2n) is 6.96. The maximum absolute atomic E-state index is 11.8. The molecule has 0 aliphatic carbocycles. The molecule has 31 heavy (non-hydrogen) atoms. The molecule has 0 saturated heterocycles. The topological polar surface area (TPSA) is 98.1 Å². The number of nitrogens with one attached hydrogen (secondary N) is 2. The lowest BCUT2D eigenvalue weighted by molar-refractivity contribution is 0.0956. The van der Waals surface area contributed by atoms with Crippen LogP contribution in [0.2, 0.25) is 0 Å². The van der Waals surface area contributed by atoms with Crippen molar-refractivity contribution in [1.82, 2.24) is 19.9 Å². The number of carbonyl (C=O) groups excluding carboxylic acids is 2. The number of aromatic nitrogens is 3. The van der Waals surface area contributed by atoms with Gasteiger partial charge >= 0.3 is 0 Å². The Morgan fingerprint density at radius 1 is 1.03 bits per heavy atom. The van der Waals surface area contributed by atoms with E-state index in [1.807, 2.05) is 41.9 Å². The highest BCUT2D eigenvalue weighted by Gasteiger charge is 2.11. The monoisotopic (exact) mass is 415 g/mol. The van der Waals surface area contributed by atoms with Crippen LogP contribution >= 0.6 is 0 Å². The lowest BCUT2D eigenvalue weighted by Crippen LogP contribution is -2.18. The number of hydrogen-bond donors (Lipinski definition) is 2. The Kier molecular flexibility index (Phi) is 5.36. The summed E-state index contributed by atoms with van der Waals surface area (Å²) in [5.41, 5.74) is 3.34. The molecule has 2 aromatic carbocycles. The average Bonchev–Trinajstić information content (AvgIpc) is 3.08. The Morgan fingerprint density at radius 2 is 1.84 bits per heavy atom. The van der Waals surface area contributed by atoms with Crippen molar-refractivity contribution in [1.29, 1.82) is 0 Å².